The van der Waals surface area contributed by atoms with E-state index in [0.717, 1.165) is 25.9 Å². The van der Waals surface area contributed by atoms with Crippen LogP contribution in [0.1, 0.15) is 40.0 Å². The number of aliphatic carboxylic acids is 1. The van der Waals surface area contributed by atoms with Crippen LogP contribution >= 0.6 is 0 Å². The summed E-state index contributed by atoms with van der Waals surface area (Å²) in [6.07, 6.45) is 2.08. The van der Waals surface area contributed by atoms with E-state index < -0.39 is 5.97 Å². The minimum atomic E-state index is -0.693. The molecule has 0 saturated heterocycles. The molecule has 74 valence electrons. The highest BCUT2D eigenvalue weighted by atomic mass is 16.4. The predicted octanol–water partition coefficient (Wildman–Crippen LogP) is 1.88. The van der Waals surface area contributed by atoms with E-state index in [-0.39, 0.29) is 0 Å². The quantitative estimate of drug-likeness (QED) is 0.670. The number of nitrogens with one attached hydrogen (secondary N) is 1. The fourth-order valence-electron chi connectivity index (χ4n) is 0.578. The van der Waals surface area contributed by atoms with Gasteiger partial charge in [0.1, 0.15) is 0 Å². The molecule has 0 spiro atoms. The van der Waals surface area contributed by atoms with Gasteiger partial charge >= 0.3 is 5.97 Å². The maximum absolute atomic E-state index is 9.76. The number of hydrogen-bond acceptors (Lipinski definition) is 2. The first kappa shape index (κ1) is 14.0. The second-order valence-corrected chi connectivity index (χ2v) is 2.45. The Morgan fingerprint density at radius 1 is 1.25 bits per heavy atom. The average Bonchev–Trinajstić information content (AvgIpc) is 2.03. The molecule has 0 fully saturated rings. The Balaban J connectivity index is 0. The van der Waals surface area contributed by atoms with Crippen molar-refractivity contribution in [1.82, 2.24) is 5.32 Å². The molecule has 0 aliphatic carbocycles. The van der Waals surface area contributed by atoms with Gasteiger partial charge in [-0.15, -0.1) is 0 Å². The van der Waals surface area contributed by atoms with E-state index in [1.54, 1.807) is 0 Å². The molecule has 0 atom stereocenters. The Morgan fingerprint density at radius 3 is 1.83 bits per heavy atom. The predicted molar refractivity (Wildman–Crippen MR) is 51.4 cm³/mol. The molecule has 0 amide bonds. The lowest BCUT2D eigenvalue weighted by Gasteiger charge is -1.86. The van der Waals surface area contributed by atoms with Gasteiger partial charge in [-0.05, 0) is 19.5 Å². The van der Waals surface area contributed by atoms with Crippen LogP contribution in [-0.4, -0.2) is 24.2 Å². The number of carboxylic acid groups (broad SMARTS) is 1. The third-order valence-corrected chi connectivity index (χ3v) is 1.24. The molecule has 0 aromatic heterocycles. The van der Waals surface area contributed by atoms with Crippen molar-refractivity contribution in [2.45, 2.75) is 40.0 Å². The molecule has 0 aromatic rings. The maximum Gasteiger partial charge on any atom is 0.303 e. The Morgan fingerprint density at radius 2 is 1.75 bits per heavy atom. The number of carbonyl (C=O) groups is 1. The summed E-state index contributed by atoms with van der Waals surface area (Å²) in [6, 6.07) is 0. The van der Waals surface area contributed by atoms with Gasteiger partial charge in [-0.25, -0.2) is 0 Å². The lowest BCUT2D eigenvalue weighted by molar-refractivity contribution is -0.137. The van der Waals surface area contributed by atoms with Gasteiger partial charge in [-0.2, -0.15) is 0 Å². The summed E-state index contributed by atoms with van der Waals surface area (Å²) >= 11 is 0. The van der Waals surface area contributed by atoms with E-state index in [1.165, 1.54) is 0 Å². The molecule has 0 rings (SSSR count). The number of unbranched alkanes of at least 4 members (excludes halogenated alkanes) is 1. The first-order valence-corrected chi connectivity index (χ1v) is 4.61. The Labute approximate surface area is 75.2 Å². The molecule has 0 bridgehead atoms. The highest BCUT2D eigenvalue weighted by molar-refractivity contribution is 5.66. The minimum Gasteiger partial charge on any atom is -0.481 e. The van der Waals surface area contributed by atoms with E-state index in [9.17, 15) is 4.79 Å². The van der Waals surface area contributed by atoms with Crippen LogP contribution in [0.2, 0.25) is 0 Å². The second-order valence-electron chi connectivity index (χ2n) is 2.45. The normalized spacial score (nSPS) is 8.58. The molecular formula is C9H21NO2. The highest BCUT2D eigenvalue weighted by Crippen LogP contribution is 1.91. The van der Waals surface area contributed by atoms with Gasteiger partial charge in [0.15, 0.2) is 0 Å². The first-order chi connectivity index (χ1) is 5.68. The Bertz CT molecular complexity index is 92.5. The van der Waals surface area contributed by atoms with Crippen molar-refractivity contribution in [2.75, 3.05) is 13.1 Å². The lowest BCUT2D eigenvalue weighted by Crippen LogP contribution is -2.09. The van der Waals surface area contributed by atoms with Gasteiger partial charge in [0.25, 0.3) is 0 Å². The van der Waals surface area contributed by atoms with E-state index in [2.05, 4.69) is 19.2 Å². The van der Waals surface area contributed by atoms with Crippen LogP contribution in [0.4, 0.5) is 0 Å². The standard InChI is InChI=1S/C5H10O2.C4H11N/c1-2-3-4-5(6)7;1-3-5-4-2/h2-4H2,1H3,(H,6,7);5H,3-4H2,1-2H3. The SMILES string of the molecule is CCCCC(=O)O.CCNCC. The summed E-state index contributed by atoms with van der Waals surface area (Å²) < 4.78 is 0. The third kappa shape index (κ3) is 22.7. The van der Waals surface area contributed by atoms with Gasteiger partial charge < -0.3 is 10.4 Å². The molecule has 0 aromatic carbocycles. The fourth-order valence-corrected chi connectivity index (χ4v) is 0.578. The van der Waals surface area contributed by atoms with Gasteiger partial charge in [0.2, 0.25) is 0 Å². The molecule has 0 saturated carbocycles. The molecule has 3 nitrogen and oxygen atoms in total. The zero-order valence-corrected chi connectivity index (χ0v) is 8.39. The van der Waals surface area contributed by atoms with Crippen molar-refractivity contribution in [3.05, 3.63) is 0 Å². The summed E-state index contributed by atoms with van der Waals surface area (Å²) in [5.74, 6) is -0.693. The van der Waals surface area contributed by atoms with Crippen LogP contribution in [0.5, 0.6) is 0 Å². The summed E-state index contributed by atoms with van der Waals surface area (Å²) in [6.45, 7) is 8.36. The van der Waals surface area contributed by atoms with E-state index >= 15 is 0 Å². The summed E-state index contributed by atoms with van der Waals surface area (Å²) in [4.78, 5) is 9.76. The molecule has 3 heteroatoms. The van der Waals surface area contributed by atoms with Crippen LogP contribution in [0.25, 0.3) is 0 Å². The highest BCUT2D eigenvalue weighted by Gasteiger charge is 1.90. The van der Waals surface area contributed by atoms with Crippen molar-refractivity contribution in [3.8, 4) is 0 Å². The lowest BCUT2D eigenvalue weighted by atomic mass is 10.3. The molecule has 12 heavy (non-hydrogen) atoms. The number of hydrogen-bond donors (Lipinski definition) is 2. The molecule has 0 aliphatic heterocycles. The molecule has 0 heterocycles. The van der Waals surface area contributed by atoms with Crippen LogP contribution in [0, 0.1) is 0 Å². The minimum absolute atomic E-state index is 0.316. The van der Waals surface area contributed by atoms with Crippen molar-refractivity contribution in [1.29, 1.82) is 0 Å². The van der Waals surface area contributed by atoms with Crippen LogP contribution in [0.15, 0.2) is 0 Å². The number of carboxylic acids is 1. The first-order valence-electron chi connectivity index (χ1n) is 4.61. The Kier molecular flexibility index (Phi) is 15.2. The molecule has 0 unspecified atom stereocenters. The van der Waals surface area contributed by atoms with Crippen LogP contribution in [0.3, 0.4) is 0 Å². The van der Waals surface area contributed by atoms with Crippen molar-refractivity contribution in [3.63, 3.8) is 0 Å². The van der Waals surface area contributed by atoms with Gasteiger partial charge in [0, 0.05) is 6.42 Å². The van der Waals surface area contributed by atoms with Crippen LogP contribution < -0.4 is 5.32 Å². The van der Waals surface area contributed by atoms with Crippen molar-refractivity contribution >= 4 is 5.97 Å². The summed E-state index contributed by atoms with van der Waals surface area (Å²) in [7, 11) is 0. The largest absolute Gasteiger partial charge is 0.481 e. The fraction of sp³-hybridized carbons (Fsp3) is 0.889. The number of rotatable bonds is 5. The maximum atomic E-state index is 9.76. The summed E-state index contributed by atoms with van der Waals surface area (Å²) in [5.41, 5.74) is 0. The average molecular weight is 175 g/mol. The van der Waals surface area contributed by atoms with Crippen LogP contribution in [-0.2, 0) is 4.79 Å². The van der Waals surface area contributed by atoms with Gasteiger partial charge in [-0.1, -0.05) is 27.2 Å². The smallest absolute Gasteiger partial charge is 0.303 e. The zero-order chi connectivity index (χ0) is 9.82. The topological polar surface area (TPSA) is 49.3 Å². The van der Waals surface area contributed by atoms with E-state index in [0.29, 0.717) is 6.42 Å². The van der Waals surface area contributed by atoms with Gasteiger partial charge in [0.05, 0.1) is 0 Å². The van der Waals surface area contributed by atoms with Gasteiger partial charge in [-0.3, -0.25) is 4.79 Å². The van der Waals surface area contributed by atoms with E-state index in [1.807, 2.05) is 6.92 Å². The molecule has 0 aliphatic rings. The zero-order valence-electron chi connectivity index (χ0n) is 8.39. The molecule has 2 N–H and O–H groups in total. The third-order valence-electron chi connectivity index (χ3n) is 1.24. The molecular weight excluding hydrogens is 154 g/mol. The van der Waals surface area contributed by atoms with Crippen molar-refractivity contribution in [2.24, 2.45) is 0 Å². The second kappa shape index (κ2) is 13.1. The molecule has 0 radical (unpaired) electrons. The Hall–Kier alpha value is -0.570. The van der Waals surface area contributed by atoms with Crippen molar-refractivity contribution < 1.29 is 9.90 Å². The monoisotopic (exact) mass is 175 g/mol. The van der Waals surface area contributed by atoms with E-state index in [4.69, 9.17) is 5.11 Å². The summed E-state index contributed by atoms with van der Waals surface area (Å²) in [5, 5.41) is 11.2.